The first-order valence-corrected chi connectivity index (χ1v) is 7.15. The van der Waals surface area contributed by atoms with E-state index < -0.39 is 17.8 Å². The number of nitrogens with two attached hydrogens (primary N) is 1. The van der Waals surface area contributed by atoms with Crippen LogP contribution in [0.3, 0.4) is 0 Å². The molecule has 21 heavy (non-hydrogen) atoms. The molecule has 0 heterocycles. The number of anilines is 1. The van der Waals surface area contributed by atoms with E-state index in [4.69, 9.17) is 18.0 Å². The van der Waals surface area contributed by atoms with Crippen molar-refractivity contribution < 1.29 is 18.3 Å². The smallest absolute Gasteiger partial charge is 0.391 e. The Hall–Kier alpha value is -1.34. The number of thiocarbonyl (C=S) groups is 1. The molecule has 0 saturated heterocycles. The van der Waals surface area contributed by atoms with Gasteiger partial charge in [0.2, 0.25) is 0 Å². The van der Waals surface area contributed by atoms with Crippen LogP contribution in [-0.4, -0.2) is 22.2 Å². The molecule has 0 radical (unpaired) electrons. The summed E-state index contributed by atoms with van der Waals surface area (Å²) in [6.07, 6.45) is -1.57. The molecule has 3 nitrogen and oxygen atoms in total. The number of alkyl halides is 3. The van der Waals surface area contributed by atoms with Crippen LogP contribution in [0.15, 0.2) is 18.2 Å². The highest BCUT2D eigenvalue weighted by Crippen LogP contribution is 2.34. The highest BCUT2D eigenvalue weighted by Gasteiger charge is 2.34. The lowest BCUT2D eigenvalue weighted by Crippen LogP contribution is -2.36. The third-order valence-electron chi connectivity index (χ3n) is 3.67. The van der Waals surface area contributed by atoms with Crippen LogP contribution in [0.1, 0.15) is 36.8 Å². The fraction of sp³-hybridized carbons (Fsp3) is 0.500. The van der Waals surface area contributed by atoms with Crippen molar-refractivity contribution in [1.82, 2.24) is 0 Å². The van der Waals surface area contributed by atoms with Gasteiger partial charge in [-0.2, -0.15) is 13.2 Å². The molecule has 2 rings (SSSR count). The zero-order valence-electron chi connectivity index (χ0n) is 11.3. The highest BCUT2D eigenvalue weighted by atomic mass is 32.1. The zero-order valence-corrected chi connectivity index (χ0v) is 12.1. The predicted molar refractivity (Wildman–Crippen MR) is 79.2 cm³/mol. The normalized spacial score (nSPS) is 22.9. The number of benzene rings is 1. The minimum Gasteiger partial charge on any atom is -0.391 e. The molecule has 0 amide bonds. The number of hydrogen-bond donors (Lipinski definition) is 3. The molecule has 7 heteroatoms. The molecule has 0 spiro atoms. The van der Waals surface area contributed by atoms with Gasteiger partial charge in [-0.15, -0.1) is 0 Å². The van der Waals surface area contributed by atoms with E-state index in [-0.39, 0.29) is 16.6 Å². The van der Waals surface area contributed by atoms with Crippen molar-refractivity contribution in [1.29, 1.82) is 0 Å². The number of halogens is 3. The molecule has 2 unspecified atom stereocenters. The molecule has 2 atom stereocenters. The minimum absolute atomic E-state index is 0.158. The molecule has 4 N–H and O–H groups in total. The standard InChI is InChI=1S/C14H17F3N2OS/c15-14(16,17)10-6-5-8(7-9(10)13(18)21)19-11-3-1-2-4-12(11)20/h5-7,11-12,19-20H,1-4H2,(H2,18,21). The number of hydrogen-bond acceptors (Lipinski definition) is 3. The van der Waals surface area contributed by atoms with E-state index in [1.54, 1.807) is 0 Å². The van der Waals surface area contributed by atoms with E-state index in [0.29, 0.717) is 12.1 Å². The summed E-state index contributed by atoms with van der Waals surface area (Å²) < 4.78 is 38.7. The molecule has 1 aliphatic carbocycles. The Morgan fingerprint density at radius 3 is 2.52 bits per heavy atom. The van der Waals surface area contributed by atoms with Crippen molar-refractivity contribution in [3.05, 3.63) is 29.3 Å². The first-order valence-electron chi connectivity index (χ1n) is 6.74. The van der Waals surface area contributed by atoms with Crippen LogP contribution in [0, 0.1) is 0 Å². The third kappa shape index (κ3) is 3.85. The highest BCUT2D eigenvalue weighted by molar-refractivity contribution is 7.80. The number of nitrogens with one attached hydrogen (secondary N) is 1. The molecular weight excluding hydrogens is 301 g/mol. The maximum Gasteiger partial charge on any atom is 0.417 e. The van der Waals surface area contributed by atoms with E-state index >= 15 is 0 Å². The molecule has 1 aromatic rings. The quantitative estimate of drug-likeness (QED) is 0.750. The van der Waals surface area contributed by atoms with Crippen LogP contribution < -0.4 is 11.1 Å². The summed E-state index contributed by atoms with van der Waals surface area (Å²) in [4.78, 5) is -0.296. The van der Waals surface area contributed by atoms with Gasteiger partial charge in [0.25, 0.3) is 0 Å². The van der Waals surface area contributed by atoms with Crippen molar-refractivity contribution in [2.24, 2.45) is 5.73 Å². The number of aliphatic hydroxyl groups excluding tert-OH is 1. The van der Waals surface area contributed by atoms with Crippen LogP contribution in [0.2, 0.25) is 0 Å². The van der Waals surface area contributed by atoms with Gasteiger partial charge in [-0.05, 0) is 31.0 Å². The Kier molecular flexibility index (Phi) is 4.73. The molecule has 1 aliphatic rings. The monoisotopic (exact) mass is 318 g/mol. The average molecular weight is 318 g/mol. The molecule has 0 aliphatic heterocycles. The van der Waals surface area contributed by atoms with Gasteiger partial charge >= 0.3 is 6.18 Å². The Morgan fingerprint density at radius 1 is 1.29 bits per heavy atom. The van der Waals surface area contributed by atoms with Crippen molar-refractivity contribution in [2.45, 2.75) is 44.0 Å². The Morgan fingerprint density at radius 2 is 1.95 bits per heavy atom. The minimum atomic E-state index is -4.50. The second-order valence-electron chi connectivity index (χ2n) is 5.23. The second kappa shape index (κ2) is 6.19. The van der Waals surface area contributed by atoms with Crippen molar-refractivity contribution in [2.75, 3.05) is 5.32 Å². The van der Waals surface area contributed by atoms with Crippen LogP contribution in [0.4, 0.5) is 18.9 Å². The van der Waals surface area contributed by atoms with Gasteiger partial charge in [0.05, 0.1) is 17.7 Å². The maximum atomic E-state index is 12.9. The van der Waals surface area contributed by atoms with E-state index in [1.807, 2.05) is 0 Å². The third-order valence-corrected chi connectivity index (χ3v) is 3.89. The van der Waals surface area contributed by atoms with Gasteiger partial charge < -0.3 is 16.2 Å². The lowest BCUT2D eigenvalue weighted by atomic mass is 9.92. The van der Waals surface area contributed by atoms with Crippen LogP contribution >= 0.6 is 12.2 Å². The summed E-state index contributed by atoms with van der Waals surface area (Å²) in [5, 5.41) is 13.0. The molecule has 1 aromatic carbocycles. The average Bonchev–Trinajstić information content (AvgIpc) is 2.40. The molecule has 1 fully saturated rings. The summed E-state index contributed by atoms with van der Waals surface area (Å²) in [6.45, 7) is 0. The molecule has 0 bridgehead atoms. The fourth-order valence-corrected chi connectivity index (χ4v) is 2.75. The largest absolute Gasteiger partial charge is 0.417 e. The topological polar surface area (TPSA) is 58.3 Å². The molecule has 0 aromatic heterocycles. The van der Waals surface area contributed by atoms with Gasteiger partial charge in [-0.3, -0.25) is 0 Å². The van der Waals surface area contributed by atoms with Crippen LogP contribution in [0.25, 0.3) is 0 Å². The van der Waals surface area contributed by atoms with E-state index in [1.165, 1.54) is 12.1 Å². The summed E-state index contributed by atoms with van der Waals surface area (Å²) in [6, 6.07) is 3.44. The molecule has 116 valence electrons. The van der Waals surface area contributed by atoms with Crippen molar-refractivity contribution in [3.63, 3.8) is 0 Å². The maximum absolute atomic E-state index is 12.9. The first-order chi connectivity index (χ1) is 9.79. The van der Waals surface area contributed by atoms with Crippen molar-refractivity contribution >= 4 is 22.9 Å². The van der Waals surface area contributed by atoms with E-state index in [2.05, 4.69) is 5.32 Å². The van der Waals surface area contributed by atoms with Crippen molar-refractivity contribution in [3.8, 4) is 0 Å². The summed E-state index contributed by atoms with van der Waals surface area (Å²) >= 11 is 4.71. The Balaban J connectivity index is 2.26. The number of rotatable bonds is 3. The number of aliphatic hydroxyl groups is 1. The fourth-order valence-electron chi connectivity index (χ4n) is 2.58. The van der Waals surface area contributed by atoms with E-state index in [0.717, 1.165) is 25.3 Å². The lowest BCUT2D eigenvalue weighted by molar-refractivity contribution is -0.137. The van der Waals surface area contributed by atoms with Gasteiger partial charge in [-0.25, -0.2) is 0 Å². The molecular formula is C14H17F3N2OS. The summed E-state index contributed by atoms with van der Waals surface area (Å²) in [5.41, 5.74) is 4.83. The zero-order chi connectivity index (χ0) is 15.6. The van der Waals surface area contributed by atoms with Gasteiger partial charge in [0.15, 0.2) is 0 Å². The molecule has 1 saturated carbocycles. The summed E-state index contributed by atoms with van der Waals surface area (Å²) in [7, 11) is 0. The first kappa shape index (κ1) is 16.0. The predicted octanol–water partition coefficient (Wildman–Crippen LogP) is 3.06. The Bertz CT molecular complexity index is 533. The van der Waals surface area contributed by atoms with Gasteiger partial charge in [0.1, 0.15) is 4.99 Å². The van der Waals surface area contributed by atoms with Crippen LogP contribution in [-0.2, 0) is 6.18 Å². The van der Waals surface area contributed by atoms with Crippen LogP contribution in [0.5, 0.6) is 0 Å². The summed E-state index contributed by atoms with van der Waals surface area (Å²) in [5.74, 6) is 0. The SMILES string of the molecule is NC(=S)c1cc(NC2CCCCC2O)ccc1C(F)(F)F. The van der Waals surface area contributed by atoms with E-state index in [9.17, 15) is 18.3 Å². The lowest BCUT2D eigenvalue weighted by Gasteiger charge is -2.29. The van der Waals surface area contributed by atoms with Gasteiger partial charge in [-0.1, -0.05) is 25.1 Å². The second-order valence-corrected chi connectivity index (χ2v) is 5.66. The Labute approximate surface area is 126 Å². The van der Waals surface area contributed by atoms with Gasteiger partial charge in [0, 0.05) is 11.3 Å².